The summed E-state index contributed by atoms with van der Waals surface area (Å²) in [4.78, 5) is 11.6. The maximum absolute atomic E-state index is 11.6. The Balaban J connectivity index is 1.54. The fourth-order valence-electron chi connectivity index (χ4n) is 7.24. The Morgan fingerprint density at radius 1 is 1.19 bits per heavy atom. The van der Waals surface area contributed by atoms with E-state index in [-0.39, 0.29) is 16.7 Å². The van der Waals surface area contributed by atoms with Crippen molar-refractivity contribution >= 4 is 27.9 Å². The molecule has 2 nitrogen and oxygen atoms in total. The van der Waals surface area contributed by atoms with Crippen LogP contribution in [-0.2, 0) is 4.79 Å². The van der Waals surface area contributed by atoms with Crippen LogP contribution in [0.1, 0.15) is 51.9 Å². The Hall–Kier alpha value is -0.190. The lowest BCUT2D eigenvalue weighted by Gasteiger charge is -2.57. The van der Waals surface area contributed by atoms with Crippen LogP contribution in [0.5, 0.6) is 0 Å². The number of hydrogen-bond donors (Lipinski definition) is 1. The van der Waals surface area contributed by atoms with Gasteiger partial charge in [0.2, 0.25) is 0 Å². The van der Waals surface area contributed by atoms with Gasteiger partial charge in [0.15, 0.2) is 0 Å². The molecule has 2 saturated carbocycles. The Morgan fingerprint density at radius 2 is 2.08 bits per heavy atom. The van der Waals surface area contributed by atoms with Crippen molar-refractivity contribution in [3.8, 4) is 0 Å². The zero-order valence-corrected chi connectivity index (χ0v) is 17.3. The van der Waals surface area contributed by atoms with Gasteiger partial charge in [-0.3, -0.25) is 0 Å². The molecule has 4 aliphatic carbocycles. The summed E-state index contributed by atoms with van der Waals surface area (Å²) in [5.41, 5.74) is 1.58. The van der Waals surface area contributed by atoms with Gasteiger partial charge in [-0.05, 0) is 73.7 Å². The van der Waals surface area contributed by atoms with Gasteiger partial charge in [0, 0.05) is 21.8 Å². The lowest BCUT2D eigenvalue weighted by Crippen LogP contribution is -2.52. The second-order valence-electron chi connectivity index (χ2n) is 9.65. The summed E-state index contributed by atoms with van der Waals surface area (Å²) < 4.78 is 0.314. The highest BCUT2D eigenvalue weighted by Crippen LogP contribution is 2.66. The number of carbonyl (C=O) groups excluding carboxylic acids is 1. The van der Waals surface area contributed by atoms with Gasteiger partial charge in [0.1, 0.15) is 6.29 Å². The number of aliphatic hydroxyl groups excluding tert-OH is 1. The van der Waals surface area contributed by atoms with Crippen molar-refractivity contribution in [3.63, 3.8) is 0 Å². The molecule has 1 spiro atoms. The van der Waals surface area contributed by atoms with Gasteiger partial charge < -0.3 is 9.90 Å². The summed E-state index contributed by atoms with van der Waals surface area (Å²) >= 11 is 0. The third kappa shape index (κ3) is 2.27. The number of hydrogen-bond acceptors (Lipinski definition) is 4. The molecule has 1 heterocycles. The topological polar surface area (TPSA) is 37.3 Å². The van der Waals surface area contributed by atoms with E-state index in [1.54, 1.807) is 0 Å². The highest BCUT2D eigenvalue weighted by Gasteiger charge is 2.59. The summed E-state index contributed by atoms with van der Waals surface area (Å²) in [6.45, 7) is 2.66. The molecule has 142 valence electrons. The summed E-state index contributed by atoms with van der Waals surface area (Å²) in [6.07, 6.45) is 16.8. The van der Waals surface area contributed by atoms with Crippen molar-refractivity contribution in [1.82, 2.24) is 0 Å². The summed E-state index contributed by atoms with van der Waals surface area (Å²) in [5, 5.41) is 10.6. The molecular weight excluding hydrogens is 360 g/mol. The molecule has 0 amide bonds. The van der Waals surface area contributed by atoms with Crippen LogP contribution in [-0.4, -0.2) is 28.5 Å². The molecule has 1 aliphatic heterocycles. The number of carbonyl (C=O) groups is 1. The first-order chi connectivity index (χ1) is 12.6. The van der Waals surface area contributed by atoms with Crippen molar-refractivity contribution in [2.75, 3.05) is 12.4 Å². The molecule has 7 atom stereocenters. The highest BCUT2D eigenvalue weighted by atomic mass is 33.1. The maximum atomic E-state index is 11.6. The van der Waals surface area contributed by atoms with E-state index < -0.39 is 0 Å². The predicted molar refractivity (Wildman–Crippen MR) is 110 cm³/mol. The number of aldehydes is 1. The van der Waals surface area contributed by atoms with Crippen LogP contribution in [0.3, 0.4) is 0 Å². The molecule has 0 aromatic carbocycles. The Kier molecular flexibility index (Phi) is 4.23. The number of aliphatic hydroxyl groups is 1. The first-order valence-electron chi connectivity index (χ1n) is 10.4. The van der Waals surface area contributed by atoms with Gasteiger partial charge in [0.05, 0.1) is 6.61 Å². The average molecular weight is 391 g/mol. The lowest BCUT2D eigenvalue weighted by molar-refractivity contribution is -0.117. The van der Waals surface area contributed by atoms with Gasteiger partial charge >= 0.3 is 0 Å². The lowest BCUT2D eigenvalue weighted by atomic mass is 9.48. The molecule has 3 fully saturated rings. The first kappa shape index (κ1) is 17.9. The van der Waals surface area contributed by atoms with Crippen LogP contribution in [0.4, 0.5) is 0 Å². The predicted octanol–water partition coefficient (Wildman–Crippen LogP) is 5.04. The SMILES string of the molecule is C[C@]12CC[C@H]3[C@@H](C=CC4=CC5(CCSS5)CC[C@@]43CO)[C@@H]1CC[C@@H]2C=O. The van der Waals surface area contributed by atoms with E-state index in [1.165, 1.54) is 43.3 Å². The molecule has 5 aliphatic rings. The van der Waals surface area contributed by atoms with E-state index in [1.807, 2.05) is 10.8 Å². The number of rotatable bonds is 2. The third-order valence-electron chi connectivity index (χ3n) is 8.88. The quantitative estimate of drug-likeness (QED) is 0.530. The van der Waals surface area contributed by atoms with Crippen LogP contribution in [0.25, 0.3) is 0 Å². The molecule has 26 heavy (non-hydrogen) atoms. The standard InChI is InChI=1S/C22H30O2S2/c1-20-7-6-19-17(18(20)5-3-16(20)13-23)4-2-15-12-21(10-11-25-26-21)8-9-22(15,19)14-24/h2,4,12-13,16-19,24H,3,5-11,14H2,1H3/t16-,17+,18+,19+,20-,21?,22-/m1/s1. The smallest absolute Gasteiger partial charge is 0.123 e. The van der Waals surface area contributed by atoms with E-state index >= 15 is 0 Å². The molecule has 1 saturated heterocycles. The largest absolute Gasteiger partial charge is 0.395 e. The molecule has 4 heteroatoms. The van der Waals surface area contributed by atoms with Crippen molar-refractivity contribution in [2.24, 2.45) is 34.5 Å². The van der Waals surface area contributed by atoms with Gasteiger partial charge in [-0.15, -0.1) is 0 Å². The Labute approximate surface area is 165 Å². The Bertz CT molecular complexity index is 665. The Morgan fingerprint density at radius 3 is 2.81 bits per heavy atom. The van der Waals surface area contributed by atoms with Gasteiger partial charge in [-0.2, -0.15) is 0 Å². The summed E-state index contributed by atoms with van der Waals surface area (Å²) in [7, 11) is 4.08. The molecule has 1 unspecified atom stereocenters. The number of fused-ring (bicyclic) bond motifs is 5. The van der Waals surface area contributed by atoms with Gasteiger partial charge in [0.25, 0.3) is 0 Å². The van der Waals surface area contributed by atoms with Crippen LogP contribution < -0.4 is 0 Å². The van der Waals surface area contributed by atoms with Gasteiger partial charge in [-0.25, -0.2) is 0 Å². The monoisotopic (exact) mass is 390 g/mol. The fourth-order valence-corrected chi connectivity index (χ4v) is 10.5. The van der Waals surface area contributed by atoms with Crippen LogP contribution in [0.2, 0.25) is 0 Å². The van der Waals surface area contributed by atoms with Crippen molar-refractivity contribution in [1.29, 1.82) is 0 Å². The second kappa shape index (κ2) is 6.15. The molecular formula is C22H30O2S2. The molecule has 0 aromatic rings. The minimum absolute atomic E-state index is 0.0287. The van der Waals surface area contributed by atoms with E-state index in [0.29, 0.717) is 29.1 Å². The van der Waals surface area contributed by atoms with Gasteiger partial charge in [-0.1, -0.05) is 46.7 Å². The van der Waals surface area contributed by atoms with Crippen molar-refractivity contribution in [3.05, 3.63) is 23.8 Å². The summed E-state index contributed by atoms with van der Waals surface area (Å²) in [5.74, 6) is 3.21. The minimum atomic E-state index is -0.0287. The van der Waals surface area contributed by atoms with Crippen molar-refractivity contribution in [2.45, 2.75) is 56.6 Å². The van der Waals surface area contributed by atoms with Crippen molar-refractivity contribution < 1.29 is 9.90 Å². The fraction of sp³-hybridized carbons (Fsp3) is 0.773. The molecule has 5 rings (SSSR count). The van der Waals surface area contributed by atoms with E-state index in [0.717, 1.165) is 19.3 Å². The third-order valence-corrected chi connectivity index (χ3v) is 12.1. The second-order valence-corrected chi connectivity index (χ2v) is 12.5. The molecule has 0 bridgehead atoms. The average Bonchev–Trinajstić information content (AvgIpc) is 3.25. The van der Waals surface area contributed by atoms with E-state index in [2.05, 4.69) is 35.9 Å². The molecule has 1 N–H and O–H groups in total. The zero-order chi connectivity index (χ0) is 18.0. The highest BCUT2D eigenvalue weighted by molar-refractivity contribution is 8.77. The number of allylic oxidation sites excluding steroid dienone is 2. The van der Waals surface area contributed by atoms with Crippen LogP contribution >= 0.6 is 21.6 Å². The minimum Gasteiger partial charge on any atom is -0.395 e. The maximum Gasteiger partial charge on any atom is 0.123 e. The van der Waals surface area contributed by atoms with Crippen LogP contribution in [0.15, 0.2) is 23.8 Å². The summed E-state index contributed by atoms with van der Waals surface area (Å²) in [6, 6.07) is 0. The zero-order valence-electron chi connectivity index (χ0n) is 15.7. The van der Waals surface area contributed by atoms with E-state index in [9.17, 15) is 9.90 Å². The normalized spacial score (nSPS) is 52.3. The molecule has 0 radical (unpaired) electrons. The molecule has 0 aromatic heterocycles. The first-order valence-corrected chi connectivity index (χ1v) is 12.7. The van der Waals surface area contributed by atoms with E-state index in [4.69, 9.17) is 0 Å². The van der Waals surface area contributed by atoms with Crippen LogP contribution in [0, 0.1) is 34.5 Å².